The number of nitrogens with one attached hydrogen (secondary N) is 1. The number of benzene rings is 1. The van der Waals surface area contributed by atoms with E-state index in [1.165, 1.54) is 0 Å². The SMILES string of the molecule is Cc1ncc(CNCc2ccccn2)n1-c1ccccc1. The number of para-hydroxylation sites is 1. The van der Waals surface area contributed by atoms with E-state index in [4.69, 9.17) is 0 Å². The number of pyridine rings is 1. The van der Waals surface area contributed by atoms with Gasteiger partial charge in [-0.25, -0.2) is 4.98 Å². The van der Waals surface area contributed by atoms with Gasteiger partial charge in [0.2, 0.25) is 0 Å². The van der Waals surface area contributed by atoms with E-state index in [1.807, 2.05) is 55.7 Å². The molecular weight excluding hydrogens is 260 g/mol. The molecule has 2 heterocycles. The third-order valence-electron chi connectivity index (χ3n) is 3.36. The molecule has 4 heteroatoms. The van der Waals surface area contributed by atoms with Crippen LogP contribution >= 0.6 is 0 Å². The molecule has 2 aromatic heterocycles. The van der Waals surface area contributed by atoms with Crippen molar-refractivity contribution in [3.63, 3.8) is 0 Å². The van der Waals surface area contributed by atoms with Crippen molar-refractivity contribution >= 4 is 0 Å². The summed E-state index contributed by atoms with van der Waals surface area (Å²) < 4.78 is 2.17. The standard InChI is InChI=1S/C17H18N4/c1-14-20-13-17(21(14)16-8-3-2-4-9-16)12-18-11-15-7-5-6-10-19-15/h2-10,13,18H,11-12H2,1H3. The molecule has 0 spiro atoms. The first-order valence-corrected chi connectivity index (χ1v) is 7.04. The van der Waals surface area contributed by atoms with Gasteiger partial charge in [-0.3, -0.25) is 9.55 Å². The van der Waals surface area contributed by atoms with E-state index in [2.05, 4.69) is 32.0 Å². The van der Waals surface area contributed by atoms with Gasteiger partial charge in [-0.05, 0) is 31.2 Å². The first-order valence-electron chi connectivity index (χ1n) is 7.04. The largest absolute Gasteiger partial charge is 0.306 e. The van der Waals surface area contributed by atoms with Crippen molar-refractivity contribution in [1.29, 1.82) is 0 Å². The van der Waals surface area contributed by atoms with Gasteiger partial charge in [0.25, 0.3) is 0 Å². The Labute approximate surface area is 124 Å². The van der Waals surface area contributed by atoms with Gasteiger partial charge in [0.15, 0.2) is 0 Å². The van der Waals surface area contributed by atoms with Crippen LogP contribution in [0.3, 0.4) is 0 Å². The van der Waals surface area contributed by atoms with E-state index in [1.54, 1.807) is 0 Å². The van der Waals surface area contributed by atoms with Crippen molar-refractivity contribution in [2.75, 3.05) is 0 Å². The first kappa shape index (κ1) is 13.5. The molecule has 1 N–H and O–H groups in total. The molecule has 21 heavy (non-hydrogen) atoms. The van der Waals surface area contributed by atoms with Gasteiger partial charge in [0.05, 0.1) is 17.6 Å². The fraction of sp³-hybridized carbons (Fsp3) is 0.176. The van der Waals surface area contributed by atoms with Crippen LogP contribution in [0.25, 0.3) is 5.69 Å². The second kappa shape index (κ2) is 6.33. The average molecular weight is 278 g/mol. The van der Waals surface area contributed by atoms with Crippen molar-refractivity contribution in [3.05, 3.63) is 78.1 Å². The number of hydrogen-bond donors (Lipinski definition) is 1. The Morgan fingerprint density at radius 2 is 1.76 bits per heavy atom. The zero-order valence-electron chi connectivity index (χ0n) is 12.0. The van der Waals surface area contributed by atoms with E-state index in [0.29, 0.717) is 0 Å². The molecule has 0 aliphatic carbocycles. The fourth-order valence-corrected chi connectivity index (χ4v) is 2.37. The van der Waals surface area contributed by atoms with Crippen LogP contribution in [0.15, 0.2) is 60.9 Å². The van der Waals surface area contributed by atoms with Gasteiger partial charge in [-0.1, -0.05) is 24.3 Å². The summed E-state index contributed by atoms with van der Waals surface area (Å²) in [4.78, 5) is 8.74. The third kappa shape index (κ3) is 3.17. The number of rotatable bonds is 5. The number of hydrogen-bond acceptors (Lipinski definition) is 3. The van der Waals surface area contributed by atoms with Crippen LogP contribution in [0.5, 0.6) is 0 Å². The summed E-state index contributed by atoms with van der Waals surface area (Å²) in [5.74, 6) is 0.996. The molecule has 0 radical (unpaired) electrons. The molecule has 0 unspecified atom stereocenters. The molecule has 0 saturated carbocycles. The average Bonchev–Trinajstić information content (AvgIpc) is 2.90. The van der Waals surface area contributed by atoms with Crippen LogP contribution in [0.1, 0.15) is 17.2 Å². The van der Waals surface area contributed by atoms with Crippen LogP contribution in [0.2, 0.25) is 0 Å². The maximum Gasteiger partial charge on any atom is 0.110 e. The number of imidazole rings is 1. The number of aryl methyl sites for hydroxylation is 1. The predicted molar refractivity (Wildman–Crippen MR) is 83.1 cm³/mol. The summed E-state index contributed by atoms with van der Waals surface area (Å²) in [6.07, 6.45) is 3.74. The lowest BCUT2D eigenvalue weighted by molar-refractivity contribution is 0.656. The lowest BCUT2D eigenvalue weighted by Gasteiger charge is -2.11. The van der Waals surface area contributed by atoms with Crippen molar-refractivity contribution in [2.24, 2.45) is 0 Å². The highest BCUT2D eigenvalue weighted by atomic mass is 15.1. The zero-order valence-corrected chi connectivity index (χ0v) is 12.0. The highest BCUT2D eigenvalue weighted by Gasteiger charge is 2.08. The molecule has 0 saturated heterocycles. The molecule has 0 bridgehead atoms. The quantitative estimate of drug-likeness (QED) is 0.780. The summed E-state index contributed by atoms with van der Waals surface area (Å²) in [7, 11) is 0. The third-order valence-corrected chi connectivity index (χ3v) is 3.36. The van der Waals surface area contributed by atoms with Crippen LogP contribution < -0.4 is 5.32 Å². The minimum absolute atomic E-state index is 0.750. The summed E-state index contributed by atoms with van der Waals surface area (Å²) >= 11 is 0. The predicted octanol–water partition coefficient (Wildman–Crippen LogP) is 2.87. The van der Waals surface area contributed by atoms with Crippen molar-refractivity contribution in [1.82, 2.24) is 19.9 Å². The Hall–Kier alpha value is -2.46. The van der Waals surface area contributed by atoms with Crippen molar-refractivity contribution < 1.29 is 0 Å². The van der Waals surface area contributed by atoms with E-state index < -0.39 is 0 Å². The highest BCUT2D eigenvalue weighted by molar-refractivity contribution is 5.35. The highest BCUT2D eigenvalue weighted by Crippen LogP contribution is 2.14. The van der Waals surface area contributed by atoms with Gasteiger partial charge in [0, 0.05) is 25.0 Å². The zero-order chi connectivity index (χ0) is 14.5. The molecular formula is C17H18N4. The maximum absolute atomic E-state index is 4.43. The summed E-state index contributed by atoms with van der Waals surface area (Å²) in [6, 6.07) is 16.2. The molecule has 0 fully saturated rings. The molecule has 106 valence electrons. The Kier molecular flexibility index (Phi) is 4.07. The molecule has 0 atom stereocenters. The van der Waals surface area contributed by atoms with Gasteiger partial charge in [0.1, 0.15) is 5.82 Å². The van der Waals surface area contributed by atoms with Gasteiger partial charge in [-0.2, -0.15) is 0 Å². The molecule has 3 aromatic rings. The molecule has 0 amide bonds. The molecule has 3 rings (SSSR count). The molecule has 1 aromatic carbocycles. The van der Waals surface area contributed by atoms with Crippen LogP contribution in [0, 0.1) is 6.92 Å². The molecule has 4 nitrogen and oxygen atoms in total. The summed E-state index contributed by atoms with van der Waals surface area (Å²) in [5, 5.41) is 3.42. The first-order chi connectivity index (χ1) is 10.3. The monoisotopic (exact) mass is 278 g/mol. The van der Waals surface area contributed by atoms with Crippen LogP contribution in [0.4, 0.5) is 0 Å². The topological polar surface area (TPSA) is 42.7 Å². The Balaban J connectivity index is 1.72. The maximum atomic E-state index is 4.43. The van der Waals surface area contributed by atoms with Crippen LogP contribution in [-0.2, 0) is 13.1 Å². The normalized spacial score (nSPS) is 10.7. The van der Waals surface area contributed by atoms with E-state index in [9.17, 15) is 0 Å². The second-order valence-electron chi connectivity index (χ2n) is 4.89. The van der Waals surface area contributed by atoms with Crippen molar-refractivity contribution in [2.45, 2.75) is 20.0 Å². The number of aromatic nitrogens is 3. The Morgan fingerprint density at radius 3 is 2.52 bits per heavy atom. The minimum Gasteiger partial charge on any atom is -0.306 e. The van der Waals surface area contributed by atoms with Gasteiger partial charge < -0.3 is 5.32 Å². The van der Waals surface area contributed by atoms with Gasteiger partial charge >= 0.3 is 0 Å². The van der Waals surface area contributed by atoms with E-state index in [-0.39, 0.29) is 0 Å². The molecule has 0 aliphatic rings. The smallest absolute Gasteiger partial charge is 0.110 e. The second-order valence-corrected chi connectivity index (χ2v) is 4.89. The lowest BCUT2D eigenvalue weighted by atomic mass is 10.3. The fourth-order valence-electron chi connectivity index (χ4n) is 2.37. The Bertz CT molecular complexity index is 689. The van der Waals surface area contributed by atoms with E-state index in [0.717, 1.165) is 36.0 Å². The van der Waals surface area contributed by atoms with Crippen LogP contribution in [-0.4, -0.2) is 14.5 Å². The minimum atomic E-state index is 0.750. The van der Waals surface area contributed by atoms with Crippen molar-refractivity contribution in [3.8, 4) is 5.69 Å². The Morgan fingerprint density at radius 1 is 0.952 bits per heavy atom. The van der Waals surface area contributed by atoms with Gasteiger partial charge in [-0.15, -0.1) is 0 Å². The summed E-state index contributed by atoms with van der Waals surface area (Å²) in [6.45, 7) is 3.53. The summed E-state index contributed by atoms with van der Waals surface area (Å²) in [5.41, 5.74) is 3.33. The molecule has 0 aliphatic heterocycles. The lowest BCUT2D eigenvalue weighted by Crippen LogP contribution is -2.16. The number of nitrogens with zero attached hydrogens (tertiary/aromatic N) is 3. The van der Waals surface area contributed by atoms with E-state index >= 15 is 0 Å².